The Kier molecular flexibility index (Phi) is 4.75. The van der Waals surface area contributed by atoms with Crippen molar-refractivity contribution in [3.63, 3.8) is 0 Å². The SMILES string of the molecule is COc1ccc(F)cc1C(NN)c1cccc(Br)c1C. The molecule has 5 heteroatoms. The quantitative estimate of drug-likeness (QED) is 0.663. The topological polar surface area (TPSA) is 47.3 Å². The molecule has 0 aliphatic rings. The normalized spacial score (nSPS) is 12.2. The molecule has 0 aliphatic heterocycles. The minimum atomic E-state index is -0.349. The molecule has 0 aliphatic carbocycles. The van der Waals surface area contributed by atoms with Crippen LogP contribution in [0.2, 0.25) is 0 Å². The summed E-state index contributed by atoms with van der Waals surface area (Å²) >= 11 is 3.49. The molecule has 20 heavy (non-hydrogen) atoms. The second-order valence-corrected chi connectivity index (χ2v) is 5.29. The lowest BCUT2D eigenvalue weighted by molar-refractivity contribution is 0.402. The molecule has 3 N–H and O–H groups in total. The Hall–Kier alpha value is -1.43. The second kappa shape index (κ2) is 6.35. The molecule has 0 amide bonds. The van der Waals surface area contributed by atoms with Crippen LogP contribution in [0.5, 0.6) is 5.75 Å². The summed E-state index contributed by atoms with van der Waals surface area (Å²) in [6, 6.07) is 9.88. The minimum absolute atomic E-state index is 0.325. The lowest BCUT2D eigenvalue weighted by atomic mass is 9.95. The Labute approximate surface area is 126 Å². The standard InChI is InChI=1S/C15H16BrFN2O/c1-9-11(4-3-5-13(9)16)15(19-18)12-8-10(17)6-7-14(12)20-2/h3-8,15,19H,18H2,1-2H3. The van der Waals surface area contributed by atoms with Crippen LogP contribution in [0.25, 0.3) is 0 Å². The van der Waals surface area contributed by atoms with E-state index in [4.69, 9.17) is 10.6 Å². The van der Waals surface area contributed by atoms with Crippen molar-refractivity contribution in [2.45, 2.75) is 13.0 Å². The first-order valence-electron chi connectivity index (χ1n) is 6.13. The van der Waals surface area contributed by atoms with Gasteiger partial charge in [0.05, 0.1) is 13.2 Å². The number of rotatable bonds is 4. The van der Waals surface area contributed by atoms with Crippen LogP contribution in [0.3, 0.4) is 0 Å². The largest absolute Gasteiger partial charge is 0.496 e. The number of hydrazine groups is 1. The van der Waals surface area contributed by atoms with E-state index in [2.05, 4.69) is 21.4 Å². The van der Waals surface area contributed by atoms with E-state index in [1.807, 2.05) is 25.1 Å². The highest BCUT2D eigenvalue weighted by atomic mass is 79.9. The molecule has 0 bridgehead atoms. The summed E-state index contributed by atoms with van der Waals surface area (Å²) in [5, 5.41) is 0. The van der Waals surface area contributed by atoms with Crippen molar-refractivity contribution in [3.05, 3.63) is 63.4 Å². The predicted molar refractivity (Wildman–Crippen MR) is 81.0 cm³/mol. The fourth-order valence-electron chi connectivity index (χ4n) is 2.21. The van der Waals surface area contributed by atoms with Crippen LogP contribution in [-0.2, 0) is 0 Å². The third kappa shape index (κ3) is 2.85. The van der Waals surface area contributed by atoms with E-state index in [1.54, 1.807) is 13.2 Å². The highest BCUT2D eigenvalue weighted by Gasteiger charge is 2.20. The lowest BCUT2D eigenvalue weighted by Crippen LogP contribution is -2.29. The highest BCUT2D eigenvalue weighted by molar-refractivity contribution is 9.10. The van der Waals surface area contributed by atoms with Crippen molar-refractivity contribution >= 4 is 15.9 Å². The average Bonchev–Trinajstić information content (AvgIpc) is 2.44. The zero-order valence-corrected chi connectivity index (χ0v) is 12.9. The Bertz CT molecular complexity index is 619. The lowest BCUT2D eigenvalue weighted by Gasteiger charge is -2.22. The van der Waals surface area contributed by atoms with Crippen LogP contribution in [0.4, 0.5) is 4.39 Å². The number of hydrogen-bond acceptors (Lipinski definition) is 3. The van der Waals surface area contributed by atoms with Crippen LogP contribution in [0.1, 0.15) is 22.7 Å². The molecule has 2 aromatic rings. The van der Waals surface area contributed by atoms with E-state index in [0.29, 0.717) is 11.3 Å². The first-order valence-corrected chi connectivity index (χ1v) is 6.92. The molecule has 2 rings (SSSR count). The molecule has 0 saturated carbocycles. The maximum absolute atomic E-state index is 13.5. The van der Waals surface area contributed by atoms with E-state index in [0.717, 1.165) is 15.6 Å². The molecular formula is C15H16BrFN2O. The summed E-state index contributed by atoms with van der Waals surface area (Å²) in [6.45, 7) is 1.98. The van der Waals surface area contributed by atoms with Gasteiger partial charge in [-0.25, -0.2) is 9.82 Å². The van der Waals surface area contributed by atoms with Crippen molar-refractivity contribution in [2.24, 2.45) is 5.84 Å². The Morgan fingerprint density at radius 3 is 2.65 bits per heavy atom. The predicted octanol–water partition coefficient (Wildman–Crippen LogP) is 3.46. The number of methoxy groups -OCH3 is 1. The van der Waals surface area contributed by atoms with Gasteiger partial charge in [0.1, 0.15) is 11.6 Å². The monoisotopic (exact) mass is 338 g/mol. The Morgan fingerprint density at radius 1 is 1.25 bits per heavy atom. The van der Waals surface area contributed by atoms with Gasteiger partial charge in [-0.1, -0.05) is 28.1 Å². The van der Waals surface area contributed by atoms with Gasteiger partial charge in [-0.2, -0.15) is 0 Å². The second-order valence-electron chi connectivity index (χ2n) is 4.44. The fraction of sp³-hybridized carbons (Fsp3) is 0.200. The summed E-state index contributed by atoms with van der Waals surface area (Å²) in [4.78, 5) is 0. The number of hydrogen-bond donors (Lipinski definition) is 2. The maximum atomic E-state index is 13.5. The summed E-state index contributed by atoms with van der Waals surface area (Å²) in [6.07, 6.45) is 0. The number of halogens is 2. The van der Waals surface area contributed by atoms with Gasteiger partial charge in [-0.3, -0.25) is 5.84 Å². The van der Waals surface area contributed by atoms with Gasteiger partial charge in [0.2, 0.25) is 0 Å². The van der Waals surface area contributed by atoms with Crippen LogP contribution in [-0.4, -0.2) is 7.11 Å². The van der Waals surface area contributed by atoms with Crippen molar-refractivity contribution < 1.29 is 9.13 Å². The van der Waals surface area contributed by atoms with E-state index >= 15 is 0 Å². The van der Waals surface area contributed by atoms with Crippen molar-refractivity contribution in [2.75, 3.05) is 7.11 Å². The Balaban J connectivity index is 2.58. The zero-order valence-electron chi connectivity index (χ0n) is 11.3. The average molecular weight is 339 g/mol. The number of benzene rings is 2. The molecule has 3 nitrogen and oxygen atoms in total. The van der Waals surface area contributed by atoms with Crippen LogP contribution < -0.4 is 16.0 Å². The molecule has 1 atom stereocenters. The number of nitrogens with one attached hydrogen (secondary N) is 1. The minimum Gasteiger partial charge on any atom is -0.496 e. The first-order chi connectivity index (χ1) is 9.58. The van der Waals surface area contributed by atoms with Crippen LogP contribution >= 0.6 is 15.9 Å². The molecule has 1 unspecified atom stereocenters. The Morgan fingerprint density at radius 2 is 2.00 bits per heavy atom. The third-order valence-corrected chi connectivity index (χ3v) is 4.15. The number of ether oxygens (including phenoxy) is 1. The van der Waals surface area contributed by atoms with Crippen LogP contribution in [0, 0.1) is 12.7 Å². The summed E-state index contributed by atoms with van der Waals surface area (Å²) in [5.41, 5.74) is 5.41. The molecule has 2 aromatic carbocycles. The van der Waals surface area contributed by atoms with E-state index in [9.17, 15) is 4.39 Å². The van der Waals surface area contributed by atoms with Gasteiger partial charge in [-0.15, -0.1) is 0 Å². The summed E-state index contributed by atoms with van der Waals surface area (Å²) in [5.74, 6) is 5.95. The molecular weight excluding hydrogens is 323 g/mol. The van der Waals surface area contributed by atoms with Crippen molar-refractivity contribution in [3.8, 4) is 5.75 Å². The highest BCUT2D eigenvalue weighted by Crippen LogP contribution is 2.33. The van der Waals surface area contributed by atoms with Gasteiger partial charge < -0.3 is 4.74 Å². The molecule has 106 valence electrons. The first kappa shape index (κ1) is 15.0. The molecule has 0 heterocycles. The van der Waals surface area contributed by atoms with Crippen LogP contribution in [0.15, 0.2) is 40.9 Å². The molecule has 0 spiro atoms. The van der Waals surface area contributed by atoms with Crippen molar-refractivity contribution in [1.82, 2.24) is 5.43 Å². The van der Waals surface area contributed by atoms with Gasteiger partial charge in [0.15, 0.2) is 0 Å². The zero-order chi connectivity index (χ0) is 14.7. The van der Waals surface area contributed by atoms with E-state index < -0.39 is 0 Å². The fourth-order valence-corrected chi connectivity index (χ4v) is 2.60. The van der Waals surface area contributed by atoms with E-state index in [-0.39, 0.29) is 11.9 Å². The third-order valence-electron chi connectivity index (χ3n) is 3.29. The summed E-state index contributed by atoms with van der Waals surface area (Å²) < 4.78 is 19.8. The summed E-state index contributed by atoms with van der Waals surface area (Å²) in [7, 11) is 1.55. The van der Waals surface area contributed by atoms with Gasteiger partial charge in [-0.05, 0) is 42.3 Å². The van der Waals surface area contributed by atoms with Gasteiger partial charge in [0.25, 0.3) is 0 Å². The van der Waals surface area contributed by atoms with E-state index in [1.165, 1.54) is 12.1 Å². The smallest absolute Gasteiger partial charge is 0.124 e. The molecule has 0 radical (unpaired) electrons. The molecule has 0 fully saturated rings. The maximum Gasteiger partial charge on any atom is 0.124 e. The molecule has 0 aromatic heterocycles. The van der Waals surface area contributed by atoms with Gasteiger partial charge in [0, 0.05) is 10.0 Å². The van der Waals surface area contributed by atoms with Gasteiger partial charge >= 0.3 is 0 Å². The van der Waals surface area contributed by atoms with Crippen molar-refractivity contribution in [1.29, 1.82) is 0 Å². The number of nitrogens with two attached hydrogens (primary N) is 1. The molecule has 0 saturated heterocycles.